The van der Waals surface area contributed by atoms with Gasteiger partial charge in [0.15, 0.2) is 0 Å². The van der Waals surface area contributed by atoms with E-state index in [1.807, 2.05) is 0 Å². The quantitative estimate of drug-likeness (QED) is 0.610. The minimum atomic E-state index is -1.72. The van der Waals surface area contributed by atoms with Crippen molar-refractivity contribution in [1.29, 1.82) is 0 Å². The van der Waals surface area contributed by atoms with Crippen LogP contribution in [0.5, 0.6) is 0 Å². The summed E-state index contributed by atoms with van der Waals surface area (Å²) in [5.41, 5.74) is 0. The van der Waals surface area contributed by atoms with Crippen molar-refractivity contribution in [3.8, 4) is 0 Å². The molecule has 0 spiro atoms. The lowest BCUT2D eigenvalue weighted by atomic mass is 10.3. The highest BCUT2D eigenvalue weighted by Gasteiger charge is 2.33. The largest absolute Gasteiger partial charge is 0.255 e. The topological polar surface area (TPSA) is 102 Å². The molecule has 0 saturated carbocycles. The summed E-state index contributed by atoms with van der Waals surface area (Å²) in [4.78, 5) is 0.00704. The molecule has 1 aromatic carbocycles. The summed E-state index contributed by atoms with van der Waals surface area (Å²) in [5, 5.41) is 0. The third kappa shape index (κ3) is 4.26. The second kappa shape index (κ2) is 8.67. The van der Waals surface area contributed by atoms with Gasteiger partial charge in [-0.3, -0.25) is 25.3 Å². The molecule has 0 radical (unpaired) electrons. The van der Waals surface area contributed by atoms with Gasteiger partial charge in [0.05, 0.1) is 94.2 Å². The second-order valence-electron chi connectivity index (χ2n) is 4.70. The molecule has 0 amide bonds. The van der Waals surface area contributed by atoms with E-state index in [0.717, 1.165) is 0 Å². The first kappa shape index (κ1) is 22.2. The van der Waals surface area contributed by atoms with Crippen LogP contribution in [0.4, 0.5) is 0 Å². The molecule has 6 nitrogen and oxygen atoms in total. The minimum Gasteiger partial charge on any atom is -0.255 e. The molecule has 0 aromatic heterocycles. The predicted molar refractivity (Wildman–Crippen MR) is 100 cm³/mol. The van der Waals surface area contributed by atoms with E-state index in [-0.39, 0.29) is 29.4 Å². The highest BCUT2D eigenvalue weighted by atomic mass is 32.2. The van der Waals surface area contributed by atoms with Gasteiger partial charge in [0.25, 0.3) is 0 Å². The Morgan fingerprint density at radius 3 is 0.458 bits per heavy atom. The maximum Gasteiger partial charge on any atom is 0.0733 e. The van der Waals surface area contributed by atoms with E-state index in [0.29, 0.717) is 0 Å². The second-order valence-corrected chi connectivity index (χ2v) is 12.6. The SMILES string of the molecule is CS(=O)c1c(S(C)=O)c(S(C)=O)c(S(C)=O)c(S(C)=O)c1S(C)=O. The van der Waals surface area contributed by atoms with Gasteiger partial charge in [0.1, 0.15) is 0 Å². The van der Waals surface area contributed by atoms with Crippen LogP contribution >= 0.6 is 0 Å². The summed E-state index contributed by atoms with van der Waals surface area (Å²) in [7, 11) is -10.3. The van der Waals surface area contributed by atoms with Crippen LogP contribution in [-0.4, -0.2) is 62.8 Å². The highest BCUT2D eigenvalue weighted by molar-refractivity contribution is 7.92. The molecule has 0 heterocycles. The Balaban J connectivity index is 4.50. The van der Waals surface area contributed by atoms with Crippen molar-refractivity contribution in [2.24, 2.45) is 0 Å². The average Bonchev–Trinajstić information content (AvgIpc) is 2.42. The fourth-order valence-electron chi connectivity index (χ4n) is 2.19. The zero-order chi connectivity index (χ0) is 18.9. The lowest BCUT2D eigenvalue weighted by Gasteiger charge is -2.20. The maximum atomic E-state index is 12.3. The van der Waals surface area contributed by atoms with E-state index >= 15 is 0 Å². The molecule has 0 fully saturated rings. The summed E-state index contributed by atoms with van der Waals surface area (Å²) in [5.74, 6) is 0. The van der Waals surface area contributed by atoms with Crippen molar-refractivity contribution < 1.29 is 25.3 Å². The smallest absolute Gasteiger partial charge is 0.0733 e. The molecule has 6 unspecified atom stereocenters. The van der Waals surface area contributed by atoms with Crippen LogP contribution in [0, 0.1) is 0 Å². The van der Waals surface area contributed by atoms with Gasteiger partial charge in [0, 0.05) is 37.5 Å². The molecule has 0 aliphatic rings. The van der Waals surface area contributed by atoms with Crippen LogP contribution in [-0.2, 0) is 64.8 Å². The first-order valence-corrected chi connectivity index (χ1v) is 15.5. The Hall–Kier alpha value is 0.120. The number of benzene rings is 1. The molecule has 1 aromatic rings. The Labute approximate surface area is 156 Å². The van der Waals surface area contributed by atoms with Crippen molar-refractivity contribution in [3.05, 3.63) is 0 Å². The fourth-order valence-corrected chi connectivity index (χ4v) is 11.2. The van der Waals surface area contributed by atoms with Crippen LogP contribution in [0.1, 0.15) is 0 Å². The van der Waals surface area contributed by atoms with Crippen molar-refractivity contribution in [3.63, 3.8) is 0 Å². The van der Waals surface area contributed by atoms with Gasteiger partial charge in [-0.25, -0.2) is 0 Å². The molecule has 1 rings (SSSR count). The molecule has 24 heavy (non-hydrogen) atoms. The number of hydrogen-bond donors (Lipinski definition) is 0. The van der Waals surface area contributed by atoms with Crippen LogP contribution in [0.15, 0.2) is 29.4 Å². The lowest BCUT2D eigenvalue weighted by molar-refractivity contribution is 0.643. The molecule has 138 valence electrons. The van der Waals surface area contributed by atoms with Crippen LogP contribution in [0.3, 0.4) is 0 Å². The van der Waals surface area contributed by atoms with E-state index in [9.17, 15) is 25.3 Å². The minimum absolute atomic E-state index is 0.00117. The first-order chi connectivity index (χ1) is 10.9. The molecular formula is C12H18O6S6. The van der Waals surface area contributed by atoms with Crippen LogP contribution < -0.4 is 0 Å². The summed E-state index contributed by atoms with van der Waals surface area (Å²) < 4.78 is 73.8. The van der Waals surface area contributed by atoms with Gasteiger partial charge >= 0.3 is 0 Å². The van der Waals surface area contributed by atoms with Gasteiger partial charge < -0.3 is 0 Å². The predicted octanol–water partition coefficient (Wildman–Crippen LogP) is 0.111. The van der Waals surface area contributed by atoms with Crippen LogP contribution in [0.25, 0.3) is 0 Å². The lowest BCUT2D eigenvalue weighted by Crippen LogP contribution is -2.17. The van der Waals surface area contributed by atoms with E-state index in [1.165, 1.54) is 37.5 Å². The van der Waals surface area contributed by atoms with Gasteiger partial charge in [0.2, 0.25) is 0 Å². The third-order valence-corrected chi connectivity index (χ3v) is 9.64. The first-order valence-electron chi connectivity index (χ1n) is 6.17. The third-order valence-electron chi connectivity index (χ3n) is 2.96. The summed E-state index contributed by atoms with van der Waals surface area (Å²) in [6.45, 7) is 0. The molecule has 0 saturated heterocycles. The Kier molecular flexibility index (Phi) is 8.01. The summed E-state index contributed by atoms with van der Waals surface area (Å²) in [6, 6.07) is 0. The van der Waals surface area contributed by atoms with Crippen LogP contribution in [0.2, 0.25) is 0 Å². The molecule has 0 aliphatic heterocycles. The van der Waals surface area contributed by atoms with Gasteiger partial charge in [-0.2, -0.15) is 0 Å². The van der Waals surface area contributed by atoms with Gasteiger partial charge in [-0.1, -0.05) is 0 Å². The summed E-state index contributed by atoms with van der Waals surface area (Å²) >= 11 is 0. The molecular weight excluding hydrogens is 433 g/mol. The van der Waals surface area contributed by atoms with Crippen molar-refractivity contribution in [2.75, 3.05) is 37.5 Å². The monoisotopic (exact) mass is 450 g/mol. The molecule has 0 aliphatic carbocycles. The number of rotatable bonds is 6. The molecule has 12 heteroatoms. The van der Waals surface area contributed by atoms with Gasteiger partial charge in [-0.05, 0) is 0 Å². The molecule has 0 N–H and O–H groups in total. The van der Waals surface area contributed by atoms with E-state index in [1.54, 1.807) is 0 Å². The van der Waals surface area contributed by atoms with Crippen molar-refractivity contribution >= 4 is 64.8 Å². The van der Waals surface area contributed by atoms with E-state index in [2.05, 4.69) is 0 Å². The molecule has 0 bridgehead atoms. The Morgan fingerprint density at radius 1 is 0.333 bits per heavy atom. The Morgan fingerprint density at radius 2 is 0.417 bits per heavy atom. The average molecular weight is 451 g/mol. The van der Waals surface area contributed by atoms with Gasteiger partial charge in [-0.15, -0.1) is 0 Å². The normalized spacial score (nSPS) is 19.2. The Bertz CT molecular complexity index is 645. The zero-order valence-corrected chi connectivity index (χ0v) is 18.8. The molecule has 6 atom stereocenters. The fraction of sp³-hybridized carbons (Fsp3) is 0.500. The maximum absolute atomic E-state index is 12.3. The van der Waals surface area contributed by atoms with Crippen molar-refractivity contribution in [2.45, 2.75) is 29.4 Å². The summed E-state index contributed by atoms with van der Waals surface area (Å²) in [6.07, 6.45) is 7.89. The standard InChI is InChI=1S/C12H18O6S6/c1-19(13)7-8(20(2)14)10(22(4)16)12(24(6)18)11(23(5)17)9(7)21(3)15/h1-6H3. The highest BCUT2D eigenvalue weighted by Crippen LogP contribution is 2.39. The van der Waals surface area contributed by atoms with E-state index < -0.39 is 64.8 Å². The number of hydrogen-bond acceptors (Lipinski definition) is 6. The van der Waals surface area contributed by atoms with Crippen molar-refractivity contribution in [1.82, 2.24) is 0 Å². The van der Waals surface area contributed by atoms with E-state index in [4.69, 9.17) is 0 Å². The zero-order valence-electron chi connectivity index (χ0n) is 13.9.